The van der Waals surface area contributed by atoms with E-state index in [0.29, 0.717) is 6.61 Å². The number of rotatable bonds is 6. The smallest absolute Gasteiger partial charge is 0.119 e. The van der Waals surface area contributed by atoms with Gasteiger partial charge in [-0.2, -0.15) is 0 Å². The van der Waals surface area contributed by atoms with Crippen molar-refractivity contribution in [3.8, 4) is 17.6 Å². The van der Waals surface area contributed by atoms with E-state index in [2.05, 4.69) is 17.2 Å². The minimum Gasteiger partial charge on any atom is -0.492 e. The molecule has 0 aliphatic carbocycles. The van der Waals surface area contributed by atoms with Gasteiger partial charge in [0, 0.05) is 19.5 Å². The summed E-state index contributed by atoms with van der Waals surface area (Å²) in [4.78, 5) is 0. The standard InChI is InChI=1S/C13H17NO/c1-2-3-7-10-14-11-12-15-13-8-5-4-6-9-13/h4-6,8-9,14H,7,10-12H2,1H3. The summed E-state index contributed by atoms with van der Waals surface area (Å²) >= 11 is 0. The second kappa shape index (κ2) is 7.90. The van der Waals surface area contributed by atoms with Crippen molar-refractivity contribution in [2.45, 2.75) is 13.3 Å². The predicted molar refractivity (Wildman–Crippen MR) is 62.9 cm³/mol. The lowest BCUT2D eigenvalue weighted by atomic mass is 10.3. The summed E-state index contributed by atoms with van der Waals surface area (Å²) in [5, 5.41) is 3.26. The van der Waals surface area contributed by atoms with Crippen molar-refractivity contribution in [3.63, 3.8) is 0 Å². The third kappa shape index (κ3) is 5.77. The van der Waals surface area contributed by atoms with Crippen LogP contribution in [0.25, 0.3) is 0 Å². The quantitative estimate of drug-likeness (QED) is 0.564. The molecule has 1 aromatic carbocycles. The topological polar surface area (TPSA) is 21.3 Å². The van der Waals surface area contributed by atoms with Crippen LogP contribution in [-0.4, -0.2) is 19.7 Å². The highest BCUT2D eigenvalue weighted by atomic mass is 16.5. The monoisotopic (exact) mass is 203 g/mol. The molecule has 15 heavy (non-hydrogen) atoms. The fourth-order valence-electron chi connectivity index (χ4n) is 1.16. The Morgan fingerprint density at radius 2 is 2.00 bits per heavy atom. The summed E-state index contributed by atoms with van der Waals surface area (Å²) in [5.74, 6) is 6.79. The maximum absolute atomic E-state index is 5.51. The minimum absolute atomic E-state index is 0.698. The molecule has 0 aliphatic rings. The summed E-state index contributed by atoms with van der Waals surface area (Å²) in [6.07, 6.45) is 0.905. The van der Waals surface area contributed by atoms with E-state index in [0.717, 1.165) is 25.3 Å². The molecule has 0 atom stereocenters. The molecule has 0 spiro atoms. The lowest BCUT2D eigenvalue weighted by molar-refractivity contribution is 0.315. The molecule has 1 N–H and O–H groups in total. The first kappa shape index (κ1) is 11.6. The lowest BCUT2D eigenvalue weighted by Gasteiger charge is -2.05. The van der Waals surface area contributed by atoms with Crippen LogP contribution in [0.5, 0.6) is 5.75 Å². The molecular formula is C13H17NO. The molecule has 2 nitrogen and oxygen atoms in total. The highest BCUT2D eigenvalue weighted by Gasteiger charge is 1.90. The highest BCUT2D eigenvalue weighted by Crippen LogP contribution is 2.07. The van der Waals surface area contributed by atoms with Crippen molar-refractivity contribution >= 4 is 0 Å². The Morgan fingerprint density at radius 3 is 2.73 bits per heavy atom. The van der Waals surface area contributed by atoms with E-state index in [-0.39, 0.29) is 0 Å². The second-order valence-corrected chi connectivity index (χ2v) is 3.09. The number of hydrogen-bond acceptors (Lipinski definition) is 2. The summed E-state index contributed by atoms with van der Waals surface area (Å²) in [5.41, 5.74) is 0. The van der Waals surface area contributed by atoms with E-state index >= 15 is 0 Å². The van der Waals surface area contributed by atoms with Crippen molar-refractivity contribution < 1.29 is 4.74 Å². The first-order valence-corrected chi connectivity index (χ1v) is 5.21. The first-order chi connectivity index (χ1) is 7.43. The largest absolute Gasteiger partial charge is 0.492 e. The van der Waals surface area contributed by atoms with Crippen LogP contribution in [-0.2, 0) is 0 Å². The number of nitrogens with one attached hydrogen (secondary N) is 1. The van der Waals surface area contributed by atoms with Crippen LogP contribution in [0.4, 0.5) is 0 Å². The van der Waals surface area contributed by atoms with Gasteiger partial charge in [-0.25, -0.2) is 0 Å². The molecule has 0 amide bonds. The van der Waals surface area contributed by atoms with Crippen molar-refractivity contribution in [1.82, 2.24) is 5.32 Å². The Morgan fingerprint density at radius 1 is 1.20 bits per heavy atom. The van der Waals surface area contributed by atoms with Gasteiger partial charge in [-0.3, -0.25) is 0 Å². The maximum Gasteiger partial charge on any atom is 0.119 e. The molecule has 0 aromatic heterocycles. The number of para-hydroxylation sites is 1. The van der Waals surface area contributed by atoms with Gasteiger partial charge < -0.3 is 10.1 Å². The fraction of sp³-hybridized carbons (Fsp3) is 0.385. The van der Waals surface area contributed by atoms with Gasteiger partial charge in [-0.1, -0.05) is 18.2 Å². The molecule has 80 valence electrons. The summed E-state index contributed by atoms with van der Waals surface area (Å²) in [6, 6.07) is 9.85. The van der Waals surface area contributed by atoms with Crippen LogP contribution in [0.2, 0.25) is 0 Å². The van der Waals surface area contributed by atoms with Crippen molar-refractivity contribution in [2.75, 3.05) is 19.7 Å². The molecular weight excluding hydrogens is 186 g/mol. The van der Waals surface area contributed by atoms with Gasteiger partial charge in [-0.15, -0.1) is 11.8 Å². The molecule has 2 heteroatoms. The Labute approximate surface area is 91.6 Å². The molecule has 0 bridgehead atoms. The third-order valence-electron chi connectivity index (χ3n) is 1.89. The molecule has 0 radical (unpaired) electrons. The molecule has 0 saturated carbocycles. The average molecular weight is 203 g/mol. The summed E-state index contributed by atoms with van der Waals surface area (Å²) in [7, 11) is 0. The van der Waals surface area contributed by atoms with Gasteiger partial charge in [0.25, 0.3) is 0 Å². The van der Waals surface area contributed by atoms with Crippen LogP contribution in [0, 0.1) is 11.8 Å². The normalized spacial score (nSPS) is 9.13. The Bertz CT molecular complexity index is 310. The van der Waals surface area contributed by atoms with E-state index in [1.54, 1.807) is 0 Å². The Hall–Kier alpha value is -1.46. The van der Waals surface area contributed by atoms with Crippen LogP contribution in [0.15, 0.2) is 30.3 Å². The van der Waals surface area contributed by atoms with Crippen molar-refractivity contribution in [1.29, 1.82) is 0 Å². The average Bonchev–Trinajstić information content (AvgIpc) is 2.29. The van der Waals surface area contributed by atoms with Gasteiger partial charge >= 0.3 is 0 Å². The molecule has 1 rings (SSSR count). The summed E-state index contributed by atoms with van der Waals surface area (Å²) < 4.78 is 5.51. The van der Waals surface area contributed by atoms with Crippen LogP contribution in [0.1, 0.15) is 13.3 Å². The van der Waals surface area contributed by atoms with E-state index < -0.39 is 0 Å². The molecule has 0 aliphatic heterocycles. The van der Waals surface area contributed by atoms with E-state index in [1.807, 2.05) is 37.3 Å². The second-order valence-electron chi connectivity index (χ2n) is 3.09. The van der Waals surface area contributed by atoms with Gasteiger partial charge in [0.2, 0.25) is 0 Å². The molecule has 1 aromatic rings. The SMILES string of the molecule is CC#CCCNCCOc1ccccc1. The first-order valence-electron chi connectivity index (χ1n) is 5.21. The van der Waals surface area contributed by atoms with E-state index in [1.165, 1.54) is 0 Å². The number of ether oxygens (including phenoxy) is 1. The van der Waals surface area contributed by atoms with Crippen LogP contribution in [0.3, 0.4) is 0 Å². The summed E-state index contributed by atoms with van der Waals surface area (Å²) in [6.45, 7) is 4.35. The van der Waals surface area contributed by atoms with Crippen molar-refractivity contribution in [3.05, 3.63) is 30.3 Å². The molecule has 0 fully saturated rings. The van der Waals surface area contributed by atoms with Gasteiger partial charge in [0.1, 0.15) is 12.4 Å². The Kier molecular flexibility index (Phi) is 6.12. The van der Waals surface area contributed by atoms with Gasteiger partial charge in [-0.05, 0) is 19.1 Å². The third-order valence-corrected chi connectivity index (χ3v) is 1.89. The predicted octanol–water partition coefficient (Wildman–Crippen LogP) is 2.07. The zero-order valence-electron chi connectivity index (χ0n) is 9.12. The van der Waals surface area contributed by atoms with E-state index in [9.17, 15) is 0 Å². The fourth-order valence-corrected chi connectivity index (χ4v) is 1.16. The zero-order chi connectivity index (χ0) is 10.8. The molecule has 0 saturated heterocycles. The molecule has 0 unspecified atom stereocenters. The number of hydrogen-bond donors (Lipinski definition) is 1. The minimum atomic E-state index is 0.698. The van der Waals surface area contributed by atoms with Gasteiger partial charge in [0.05, 0.1) is 0 Å². The van der Waals surface area contributed by atoms with E-state index in [4.69, 9.17) is 4.74 Å². The maximum atomic E-state index is 5.51. The van der Waals surface area contributed by atoms with Gasteiger partial charge in [0.15, 0.2) is 0 Å². The number of benzene rings is 1. The lowest BCUT2D eigenvalue weighted by Crippen LogP contribution is -2.21. The van der Waals surface area contributed by atoms with Crippen LogP contribution < -0.4 is 10.1 Å². The molecule has 0 heterocycles. The highest BCUT2D eigenvalue weighted by molar-refractivity contribution is 5.20. The van der Waals surface area contributed by atoms with Crippen LogP contribution >= 0.6 is 0 Å². The Balaban J connectivity index is 1.99. The van der Waals surface area contributed by atoms with Crippen molar-refractivity contribution in [2.24, 2.45) is 0 Å². The zero-order valence-corrected chi connectivity index (χ0v) is 9.12.